The zero-order chi connectivity index (χ0) is 11.1. The maximum atomic E-state index is 5.70. The van der Waals surface area contributed by atoms with Gasteiger partial charge >= 0.3 is 0 Å². The van der Waals surface area contributed by atoms with Crippen molar-refractivity contribution in [3.63, 3.8) is 0 Å². The molecule has 0 fully saturated rings. The first-order valence-corrected chi connectivity index (χ1v) is 6.04. The van der Waals surface area contributed by atoms with Gasteiger partial charge in [-0.2, -0.15) is 0 Å². The van der Waals surface area contributed by atoms with E-state index in [4.69, 9.17) is 5.73 Å². The summed E-state index contributed by atoms with van der Waals surface area (Å²) < 4.78 is 2.26. The average Bonchev–Trinajstić information content (AvgIpc) is 2.72. The SMILES string of the molecule is CCCCC(CCC)n1cncc1CN. The molecule has 86 valence electrons. The molecule has 0 spiro atoms. The summed E-state index contributed by atoms with van der Waals surface area (Å²) in [4.78, 5) is 4.19. The Kier molecular flexibility index (Phi) is 5.40. The molecule has 1 aromatic heterocycles. The van der Waals surface area contributed by atoms with Crippen molar-refractivity contribution in [2.24, 2.45) is 5.73 Å². The molecule has 0 aromatic carbocycles. The summed E-state index contributed by atoms with van der Waals surface area (Å²) >= 11 is 0. The Hall–Kier alpha value is -0.830. The Morgan fingerprint density at radius 2 is 2.13 bits per heavy atom. The third-order valence-electron chi connectivity index (χ3n) is 2.86. The van der Waals surface area contributed by atoms with Crippen LogP contribution in [0, 0.1) is 0 Å². The van der Waals surface area contributed by atoms with E-state index in [1.165, 1.54) is 32.1 Å². The molecule has 1 atom stereocenters. The zero-order valence-corrected chi connectivity index (χ0v) is 9.95. The van der Waals surface area contributed by atoms with E-state index in [2.05, 4.69) is 23.4 Å². The highest BCUT2D eigenvalue weighted by Crippen LogP contribution is 2.22. The molecule has 1 unspecified atom stereocenters. The van der Waals surface area contributed by atoms with Crippen LogP contribution >= 0.6 is 0 Å². The minimum atomic E-state index is 0.590. The lowest BCUT2D eigenvalue weighted by Crippen LogP contribution is -2.13. The van der Waals surface area contributed by atoms with Gasteiger partial charge in [-0.1, -0.05) is 33.1 Å². The van der Waals surface area contributed by atoms with Crippen LogP contribution in [0.4, 0.5) is 0 Å². The molecule has 0 saturated carbocycles. The summed E-state index contributed by atoms with van der Waals surface area (Å²) in [5.74, 6) is 0. The van der Waals surface area contributed by atoms with Crippen LogP contribution in [0.2, 0.25) is 0 Å². The third kappa shape index (κ3) is 3.34. The molecule has 0 bridgehead atoms. The highest BCUT2D eigenvalue weighted by Gasteiger charge is 2.11. The second-order valence-electron chi connectivity index (χ2n) is 4.08. The van der Waals surface area contributed by atoms with Gasteiger partial charge in [0.25, 0.3) is 0 Å². The molecule has 0 saturated heterocycles. The van der Waals surface area contributed by atoms with Crippen LogP contribution in [0.25, 0.3) is 0 Å². The Balaban J connectivity index is 2.69. The van der Waals surface area contributed by atoms with Crippen LogP contribution in [-0.4, -0.2) is 9.55 Å². The van der Waals surface area contributed by atoms with Gasteiger partial charge in [-0.15, -0.1) is 0 Å². The van der Waals surface area contributed by atoms with Gasteiger partial charge in [0, 0.05) is 18.8 Å². The summed E-state index contributed by atoms with van der Waals surface area (Å²) in [6, 6.07) is 0.594. The van der Waals surface area contributed by atoms with E-state index in [0.717, 1.165) is 5.69 Å². The van der Waals surface area contributed by atoms with Crippen molar-refractivity contribution in [3.05, 3.63) is 18.2 Å². The lowest BCUT2D eigenvalue weighted by Gasteiger charge is -2.19. The van der Waals surface area contributed by atoms with Crippen molar-refractivity contribution in [2.45, 2.75) is 58.5 Å². The van der Waals surface area contributed by atoms with Crippen molar-refractivity contribution in [2.75, 3.05) is 0 Å². The van der Waals surface area contributed by atoms with Crippen molar-refractivity contribution in [1.82, 2.24) is 9.55 Å². The largest absolute Gasteiger partial charge is 0.330 e. The Morgan fingerprint density at radius 3 is 2.73 bits per heavy atom. The Labute approximate surface area is 92.7 Å². The summed E-state index contributed by atoms with van der Waals surface area (Å²) in [7, 11) is 0. The topological polar surface area (TPSA) is 43.8 Å². The molecule has 0 aliphatic rings. The van der Waals surface area contributed by atoms with E-state index >= 15 is 0 Å². The summed E-state index contributed by atoms with van der Waals surface area (Å²) in [6.07, 6.45) is 10.0. The van der Waals surface area contributed by atoms with Crippen LogP contribution in [0.5, 0.6) is 0 Å². The minimum Gasteiger partial charge on any atom is -0.330 e. The molecule has 2 N–H and O–H groups in total. The minimum absolute atomic E-state index is 0.590. The lowest BCUT2D eigenvalue weighted by atomic mass is 10.0. The molecule has 0 radical (unpaired) electrons. The second-order valence-corrected chi connectivity index (χ2v) is 4.08. The average molecular weight is 209 g/mol. The quantitative estimate of drug-likeness (QED) is 0.750. The first-order chi connectivity index (χ1) is 7.33. The van der Waals surface area contributed by atoms with Crippen LogP contribution in [0.3, 0.4) is 0 Å². The Morgan fingerprint density at radius 1 is 1.33 bits per heavy atom. The predicted molar refractivity (Wildman–Crippen MR) is 63.6 cm³/mol. The summed E-state index contributed by atoms with van der Waals surface area (Å²) in [6.45, 7) is 5.06. The van der Waals surface area contributed by atoms with Gasteiger partial charge in [0.15, 0.2) is 0 Å². The van der Waals surface area contributed by atoms with Gasteiger partial charge in [-0.25, -0.2) is 4.98 Å². The highest BCUT2D eigenvalue weighted by molar-refractivity contribution is 4.99. The molecule has 1 rings (SSSR count). The molecule has 0 amide bonds. The number of nitrogens with zero attached hydrogens (tertiary/aromatic N) is 2. The normalized spacial score (nSPS) is 13.0. The number of rotatable bonds is 7. The number of unbranched alkanes of at least 4 members (excludes halogenated alkanes) is 1. The van der Waals surface area contributed by atoms with Crippen molar-refractivity contribution in [1.29, 1.82) is 0 Å². The molecule has 1 aromatic rings. The second kappa shape index (κ2) is 6.62. The standard InChI is InChI=1S/C12H23N3/c1-3-5-7-11(6-4-2)15-10-14-9-12(15)8-13/h9-11H,3-8,13H2,1-2H3. The van der Waals surface area contributed by atoms with Crippen LogP contribution < -0.4 is 5.73 Å². The number of aromatic nitrogens is 2. The first kappa shape index (κ1) is 12.2. The summed E-state index contributed by atoms with van der Waals surface area (Å²) in [5.41, 5.74) is 6.85. The maximum Gasteiger partial charge on any atom is 0.0951 e. The number of imidazole rings is 1. The predicted octanol–water partition coefficient (Wildman–Crippen LogP) is 2.87. The lowest BCUT2D eigenvalue weighted by molar-refractivity contribution is 0.407. The van der Waals surface area contributed by atoms with E-state index in [9.17, 15) is 0 Å². The fraction of sp³-hybridized carbons (Fsp3) is 0.750. The molecule has 0 aliphatic carbocycles. The number of hydrogen-bond acceptors (Lipinski definition) is 2. The van der Waals surface area contributed by atoms with Gasteiger partial charge in [0.1, 0.15) is 0 Å². The molecule has 1 heterocycles. The third-order valence-corrected chi connectivity index (χ3v) is 2.86. The molecule has 3 heteroatoms. The summed E-state index contributed by atoms with van der Waals surface area (Å²) in [5, 5.41) is 0. The van der Waals surface area contributed by atoms with E-state index in [0.29, 0.717) is 12.6 Å². The van der Waals surface area contributed by atoms with Crippen LogP contribution in [-0.2, 0) is 6.54 Å². The van der Waals surface area contributed by atoms with Gasteiger partial charge in [0.2, 0.25) is 0 Å². The van der Waals surface area contributed by atoms with Gasteiger partial charge < -0.3 is 10.3 Å². The van der Waals surface area contributed by atoms with E-state index in [1.807, 2.05) is 12.5 Å². The monoisotopic (exact) mass is 209 g/mol. The molecule has 3 nitrogen and oxygen atoms in total. The highest BCUT2D eigenvalue weighted by atomic mass is 15.1. The van der Waals surface area contributed by atoms with E-state index in [1.54, 1.807) is 0 Å². The van der Waals surface area contributed by atoms with Crippen LogP contribution in [0.15, 0.2) is 12.5 Å². The van der Waals surface area contributed by atoms with Crippen molar-refractivity contribution < 1.29 is 0 Å². The zero-order valence-electron chi connectivity index (χ0n) is 9.95. The maximum absolute atomic E-state index is 5.70. The molecule has 0 aliphatic heterocycles. The van der Waals surface area contributed by atoms with E-state index in [-0.39, 0.29) is 0 Å². The molecular weight excluding hydrogens is 186 g/mol. The first-order valence-electron chi connectivity index (χ1n) is 6.04. The smallest absolute Gasteiger partial charge is 0.0951 e. The Bertz CT molecular complexity index is 268. The fourth-order valence-corrected chi connectivity index (χ4v) is 2.01. The number of hydrogen-bond donors (Lipinski definition) is 1. The molecule has 15 heavy (non-hydrogen) atoms. The number of nitrogens with two attached hydrogens (primary N) is 1. The van der Waals surface area contributed by atoms with Crippen molar-refractivity contribution >= 4 is 0 Å². The van der Waals surface area contributed by atoms with E-state index < -0.39 is 0 Å². The fourth-order valence-electron chi connectivity index (χ4n) is 2.01. The van der Waals surface area contributed by atoms with Crippen LogP contribution in [0.1, 0.15) is 57.7 Å². The van der Waals surface area contributed by atoms with Gasteiger partial charge in [-0.3, -0.25) is 0 Å². The van der Waals surface area contributed by atoms with Gasteiger partial charge in [-0.05, 0) is 12.8 Å². The van der Waals surface area contributed by atoms with Crippen molar-refractivity contribution in [3.8, 4) is 0 Å². The molecular formula is C12H23N3. The van der Waals surface area contributed by atoms with Gasteiger partial charge in [0.05, 0.1) is 12.0 Å².